The van der Waals surface area contributed by atoms with Gasteiger partial charge >= 0.3 is 0 Å². The van der Waals surface area contributed by atoms with Crippen LogP contribution in [0.5, 0.6) is 5.88 Å². The lowest BCUT2D eigenvalue weighted by atomic mass is 10.3. The monoisotopic (exact) mass is 497 g/mol. The number of ether oxygens (including phenoxy) is 1. The molecule has 0 radical (unpaired) electrons. The van der Waals surface area contributed by atoms with Gasteiger partial charge < -0.3 is 19.9 Å². The molecule has 0 amide bonds. The van der Waals surface area contributed by atoms with E-state index in [1.807, 2.05) is 36.7 Å². The van der Waals surface area contributed by atoms with Crippen molar-refractivity contribution in [2.24, 2.45) is 12.0 Å². The average Bonchev–Trinajstić information content (AvgIpc) is 2.85. The Kier molecular flexibility index (Phi) is 9.37. The zero-order chi connectivity index (χ0) is 17.5. The predicted octanol–water partition coefficient (Wildman–Crippen LogP) is 3.61. The molecule has 2 aromatic heterocycles. The molecule has 9 heteroatoms. The van der Waals surface area contributed by atoms with E-state index in [0.717, 1.165) is 17.8 Å². The van der Waals surface area contributed by atoms with Crippen LogP contribution in [0.1, 0.15) is 18.2 Å². The fraction of sp³-hybridized carbons (Fsp3) is 0.375. The number of methoxy groups -OCH3 is 1. The lowest BCUT2D eigenvalue weighted by Gasteiger charge is -2.12. The molecule has 2 N–H and O–H groups in total. The van der Waals surface area contributed by atoms with Crippen LogP contribution in [0, 0.1) is 0 Å². The Morgan fingerprint density at radius 3 is 2.60 bits per heavy atom. The standard InChI is InChI=1S/C16H21Cl2N5O.HI/c1-4-19-16(21-9-11-5-6-14(24-3)20-8-11)22-10-12-7-13(17)15(18)23(12)2;/h5-8H,4,9-10H2,1-3H3,(H2,19,21,22);1H. The number of pyridine rings is 1. The van der Waals surface area contributed by atoms with Crippen molar-refractivity contribution >= 4 is 53.1 Å². The first kappa shape index (κ1) is 21.9. The molecule has 0 aromatic carbocycles. The van der Waals surface area contributed by atoms with Gasteiger partial charge in [0.05, 0.1) is 25.2 Å². The van der Waals surface area contributed by atoms with E-state index in [9.17, 15) is 0 Å². The SMILES string of the molecule is CCNC(=NCc1ccc(OC)nc1)NCc1cc(Cl)c(Cl)n1C.I. The lowest BCUT2D eigenvalue weighted by Crippen LogP contribution is -2.37. The van der Waals surface area contributed by atoms with Crippen LogP contribution < -0.4 is 15.4 Å². The number of guanidine groups is 1. The Bertz CT molecular complexity index is 703. The lowest BCUT2D eigenvalue weighted by molar-refractivity contribution is 0.397. The predicted molar refractivity (Wildman–Crippen MR) is 113 cm³/mol. The average molecular weight is 498 g/mol. The molecular weight excluding hydrogens is 476 g/mol. The Morgan fingerprint density at radius 1 is 1.32 bits per heavy atom. The molecule has 0 aliphatic carbocycles. The summed E-state index contributed by atoms with van der Waals surface area (Å²) in [7, 11) is 3.47. The summed E-state index contributed by atoms with van der Waals surface area (Å²) in [6.45, 7) is 3.86. The van der Waals surface area contributed by atoms with Crippen molar-refractivity contribution in [2.75, 3.05) is 13.7 Å². The number of aliphatic imine (C=N–C) groups is 1. The molecule has 0 aliphatic heterocycles. The Hall–Kier alpha value is -1.19. The number of hydrogen-bond donors (Lipinski definition) is 2. The molecule has 0 spiro atoms. The van der Waals surface area contributed by atoms with Crippen molar-refractivity contribution in [3.63, 3.8) is 0 Å². The molecule has 0 fully saturated rings. The van der Waals surface area contributed by atoms with E-state index in [4.69, 9.17) is 27.9 Å². The van der Waals surface area contributed by atoms with Crippen molar-refractivity contribution in [1.82, 2.24) is 20.2 Å². The van der Waals surface area contributed by atoms with Gasteiger partial charge in [0, 0.05) is 31.5 Å². The minimum Gasteiger partial charge on any atom is -0.481 e. The second-order valence-electron chi connectivity index (χ2n) is 5.09. The van der Waals surface area contributed by atoms with Crippen LogP contribution in [0.3, 0.4) is 0 Å². The van der Waals surface area contributed by atoms with Gasteiger partial charge in [-0.15, -0.1) is 24.0 Å². The highest BCUT2D eigenvalue weighted by molar-refractivity contribution is 14.0. The summed E-state index contributed by atoms with van der Waals surface area (Å²) >= 11 is 12.1. The van der Waals surface area contributed by atoms with Crippen molar-refractivity contribution in [3.05, 3.63) is 45.8 Å². The second kappa shape index (κ2) is 10.7. The van der Waals surface area contributed by atoms with Gasteiger partial charge in [-0.3, -0.25) is 0 Å². The Morgan fingerprint density at radius 2 is 2.08 bits per heavy atom. The molecule has 0 aliphatic rings. The van der Waals surface area contributed by atoms with E-state index in [0.29, 0.717) is 35.1 Å². The van der Waals surface area contributed by atoms with Crippen LogP contribution in [0.4, 0.5) is 0 Å². The van der Waals surface area contributed by atoms with E-state index >= 15 is 0 Å². The van der Waals surface area contributed by atoms with Crippen LogP contribution in [-0.2, 0) is 20.1 Å². The zero-order valence-corrected chi connectivity index (χ0v) is 18.2. The van der Waals surface area contributed by atoms with E-state index in [2.05, 4.69) is 20.6 Å². The quantitative estimate of drug-likeness (QED) is 0.363. The largest absolute Gasteiger partial charge is 0.481 e. The van der Waals surface area contributed by atoms with Crippen molar-refractivity contribution in [3.8, 4) is 5.88 Å². The summed E-state index contributed by atoms with van der Waals surface area (Å²) in [6.07, 6.45) is 1.75. The number of hydrogen-bond acceptors (Lipinski definition) is 3. The highest BCUT2D eigenvalue weighted by atomic mass is 127. The summed E-state index contributed by atoms with van der Waals surface area (Å²) in [4.78, 5) is 8.73. The molecule has 25 heavy (non-hydrogen) atoms. The Balaban J connectivity index is 0.00000312. The van der Waals surface area contributed by atoms with Crippen LogP contribution in [0.15, 0.2) is 29.4 Å². The smallest absolute Gasteiger partial charge is 0.212 e. The highest BCUT2D eigenvalue weighted by Crippen LogP contribution is 2.24. The van der Waals surface area contributed by atoms with E-state index < -0.39 is 0 Å². The molecule has 2 heterocycles. The molecule has 6 nitrogen and oxygen atoms in total. The van der Waals surface area contributed by atoms with Crippen LogP contribution in [0.25, 0.3) is 0 Å². The summed E-state index contributed by atoms with van der Waals surface area (Å²) in [5, 5.41) is 7.54. The number of aromatic nitrogens is 2. The highest BCUT2D eigenvalue weighted by Gasteiger charge is 2.09. The second-order valence-corrected chi connectivity index (χ2v) is 5.86. The van der Waals surface area contributed by atoms with E-state index in [1.54, 1.807) is 13.3 Å². The number of nitrogens with zero attached hydrogens (tertiary/aromatic N) is 3. The summed E-state index contributed by atoms with van der Waals surface area (Å²) in [5.41, 5.74) is 1.97. The Labute approximate surface area is 175 Å². The third kappa shape index (κ3) is 6.23. The van der Waals surface area contributed by atoms with Crippen LogP contribution in [0.2, 0.25) is 10.2 Å². The molecule has 138 valence electrons. The van der Waals surface area contributed by atoms with Crippen molar-refractivity contribution < 1.29 is 4.74 Å². The minimum absolute atomic E-state index is 0. The van der Waals surface area contributed by atoms with Gasteiger partial charge in [-0.2, -0.15) is 0 Å². The normalized spacial score (nSPS) is 11.0. The molecule has 0 unspecified atom stereocenters. The molecular formula is C16H22Cl2IN5O. The molecule has 0 bridgehead atoms. The molecule has 0 saturated heterocycles. The van der Waals surface area contributed by atoms with Crippen molar-refractivity contribution in [1.29, 1.82) is 0 Å². The summed E-state index contributed by atoms with van der Waals surface area (Å²) in [5.74, 6) is 1.30. The van der Waals surface area contributed by atoms with Gasteiger partial charge in [-0.05, 0) is 18.6 Å². The first-order valence-electron chi connectivity index (χ1n) is 7.55. The minimum atomic E-state index is 0. The maximum absolute atomic E-state index is 6.08. The van der Waals surface area contributed by atoms with Gasteiger partial charge in [0.15, 0.2) is 5.96 Å². The number of nitrogens with one attached hydrogen (secondary N) is 2. The molecule has 0 saturated carbocycles. The number of halogens is 3. The van der Waals surface area contributed by atoms with E-state index in [-0.39, 0.29) is 24.0 Å². The van der Waals surface area contributed by atoms with Gasteiger partial charge in [0.1, 0.15) is 5.15 Å². The first-order valence-corrected chi connectivity index (χ1v) is 8.31. The topological polar surface area (TPSA) is 63.5 Å². The number of rotatable bonds is 6. The van der Waals surface area contributed by atoms with Crippen LogP contribution in [-0.4, -0.2) is 29.2 Å². The maximum atomic E-state index is 6.08. The maximum Gasteiger partial charge on any atom is 0.212 e. The molecule has 2 aromatic rings. The van der Waals surface area contributed by atoms with Gasteiger partial charge in [-0.1, -0.05) is 29.3 Å². The summed E-state index contributed by atoms with van der Waals surface area (Å²) in [6, 6.07) is 5.60. The fourth-order valence-corrected chi connectivity index (χ4v) is 2.49. The molecule has 0 atom stereocenters. The van der Waals surface area contributed by atoms with Gasteiger partial charge in [0.25, 0.3) is 0 Å². The third-order valence-electron chi connectivity index (χ3n) is 3.42. The zero-order valence-electron chi connectivity index (χ0n) is 14.3. The van der Waals surface area contributed by atoms with E-state index in [1.165, 1.54) is 0 Å². The van der Waals surface area contributed by atoms with Crippen molar-refractivity contribution in [2.45, 2.75) is 20.0 Å². The molecule has 2 rings (SSSR count). The third-order valence-corrected chi connectivity index (χ3v) is 4.27. The summed E-state index contributed by atoms with van der Waals surface area (Å²) < 4.78 is 6.89. The van der Waals surface area contributed by atoms with Crippen LogP contribution >= 0.6 is 47.2 Å². The van der Waals surface area contributed by atoms with Gasteiger partial charge in [-0.25, -0.2) is 9.98 Å². The van der Waals surface area contributed by atoms with Gasteiger partial charge in [0.2, 0.25) is 5.88 Å². The fourth-order valence-electron chi connectivity index (χ4n) is 2.07. The first-order chi connectivity index (χ1) is 11.5.